The first-order chi connectivity index (χ1) is 8.67. The molecular weight excluding hydrogens is 250 g/mol. The van der Waals surface area contributed by atoms with Crippen LogP contribution in [0, 0.1) is 11.8 Å². The van der Waals surface area contributed by atoms with Gasteiger partial charge in [-0.15, -0.1) is 0 Å². The van der Waals surface area contributed by atoms with E-state index in [1.165, 1.54) is 0 Å². The fraction of sp³-hybridized carbons (Fsp3) is 0.417. The Balaban J connectivity index is 1.74. The second kappa shape index (κ2) is 3.33. The molecular formula is C12H13N3O2S. The van der Waals surface area contributed by atoms with Gasteiger partial charge in [0.2, 0.25) is 0 Å². The molecule has 1 saturated heterocycles. The summed E-state index contributed by atoms with van der Waals surface area (Å²) in [6.45, 7) is 2.00. The van der Waals surface area contributed by atoms with E-state index in [9.17, 15) is 8.42 Å². The Morgan fingerprint density at radius 1 is 1.17 bits per heavy atom. The largest absolute Gasteiger partial charge is 0.316 e. The first-order valence-corrected chi connectivity index (χ1v) is 7.56. The number of hydrogen-bond acceptors (Lipinski definition) is 4. The minimum atomic E-state index is -3.39. The Kier molecular flexibility index (Phi) is 1.95. The third-order valence-electron chi connectivity index (χ3n) is 3.99. The van der Waals surface area contributed by atoms with E-state index in [4.69, 9.17) is 0 Å². The number of nitrogens with zero attached hydrogens (tertiary/aromatic N) is 1. The van der Waals surface area contributed by atoms with Crippen LogP contribution in [0.4, 0.5) is 0 Å². The van der Waals surface area contributed by atoms with Crippen molar-refractivity contribution in [3.05, 3.63) is 29.8 Å². The molecule has 1 aromatic carbocycles. The van der Waals surface area contributed by atoms with Gasteiger partial charge in [0.25, 0.3) is 10.0 Å². The monoisotopic (exact) mass is 263 g/mol. The van der Waals surface area contributed by atoms with Crippen molar-refractivity contribution in [3.63, 3.8) is 0 Å². The van der Waals surface area contributed by atoms with Gasteiger partial charge in [-0.3, -0.25) is 9.71 Å². The molecule has 1 saturated carbocycles. The quantitative estimate of drug-likeness (QED) is 0.746. The van der Waals surface area contributed by atoms with Crippen molar-refractivity contribution < 1.29 is 8.42 Å². The molecule has 0 amide bonds. The molecule has 0 spiro atoms. The third kappa shape index (κ3) is 1.36. The smallest absolute Gasteiger partial charge is 0.263 e. The van der Waals surface area contributed by atoms with Crippen LogP contribution in [0.5, 0.6) is 0 Å². The molecule has 0 bridgehead atoms. The van der Waals surface area contributed by atoms with Crippen LogP contribution in [0.15, 0.2) is 34.2 Å². The maximum absolute atomic E-state index is 11.9. The minimum absolute atomic E-state index is 0.287. The standard InChI is InChI=1S/C12H13N3O2S/c16-18(17)10-4-2-1-3-7(10)12(15-18)14-11-8-5-13-6-9(8)11/h1-4,8-9,11,13H,5-6H2,(H,14,15). The molecule has 2 heterocycles. The van der Waals surface area contributed by atoms with E-state index < -0.39 is 10.0 Å². The topological polar surface area (TPSA) is 70.6 Å². The second-order valence-electron chi connectivity index (χ2n) is 5.06. The summed E-state index contributed by atoms with van der Waals surface area (Å²) in [6.07, 6.45) is 0. The lowest BCUT2D eigenvalue weighted by molar-refractivity contribution is 0.595. The fourth-order valence-corrected chi connectivity index (χ4v) is 4.20. The van der Waals surface area contributed by atoms with Gasteiger partial charge in [-0.25, -0.2) is 8.42 Å². The highest BCUT2D eigenvalue weighted by atomic mass is 32.2. The van der Waals surface area contributed by atoms with Crippen LogP contribution in [0.25, 0.3) is 0 Å². The van der Waals surface area contributed by atoms with Gasteiger partial charge in [-0.05, 0) is 12.1 Å². The number of aliphatic imine (C=N–C) groups is 1. The molecule has 0 aromatic heterocycles. The highest BCUT2D eigenvalue weighted by Crippen LogP contribution is 2.45. The summed E-state index contributed by atoms with van der Waals surface area (Å²) < 4.78 is 26.4. The lowest BCUT2D eigenvalue weighted by atomic mass is 10.2. The number of piperidine rings is 1. The predicted octanol–water partition coefficient (Wildman–Crippen LogP) is -0.0571. The average Bonchev–Trinajstić information content (AvgIpc) is 2.74. The van der Waals surface area contributed by atoms with Gasteiger partial charge >= 0.3 is 0 Å². The van der Waals surface area contributed by atoms with Crippen molar-refractivity contribution in [1.82, 2.24) is 10.0 Å². The van der Waals surface area contributed by atoms with E-state index in [0.717, 1.165) is 13.1 Å². The lowest BCUT2D eigenvalue weighted by Gasteiger charge is -2.01. The molecule has 2 aliphatic heterocycles. The Bertz CT molecular complexity index is 643. The van der Waals surface area contributed by atoms with Gasteiger partial charge in [-0.1, -0.05) is 12.1 Å². The van der Waals surface area contributed by atoms with Gasteiger partial charge in [0.15, 0.2) is 0 Å². The molecule has 1 aliphatic carbocycles. The number of rotatable bonds is 1. The van der Waals surface area contributed by atoms with E-state index in [0.29, 0.717) is 28.1 Å². The predicted molar refractivity (Wildman–Crippen MR) is 66.9 cm³/mol. The van der Waals surface area contributed by atoms with Gasteiger partial charge in [0.05, 0.1) is 10.9 Å². The Labute approximate surface area is 105 Å². The summed E-state index contributed by atoms with van der Waals surface area (Å²) >= 11 is 0. The molecule has 18 heavy (non-hydrogen) atoms. The fourth-order valence-electron chi connectivity index (χ4n) is 2.96. The summed E-state index contributed by atoms with van der Waals surface area (Å²) in [5.41, 5.74) is 0.704. The minimum Gasteiger partial charge on any atom is -0.316 e. The van der Waals surface area contributed by atoms with Crippen LogP contribution < -0.4 is 10.0 Å². The van der Waals surface area contributed by atoms with Crippen LogP contribution >= 0.6 is 0 Å². The summed E-state index contributed by atoms with van der Waals surface area (Å²) in [5, 5.41) is 3.30. The zero-order valence-corrected chi connectivity index (χ0v) is 10.4. The van der Waals surface area contributed by atoms with E-state index in [2.05, 4.69) is 15.0 Å². The van der Waals surface area contributed by atoms with Crippen molar-refractivity contribution in [2.24, 2.45) is 16.8 Å². The van der Waals surface area contributed by atoms with E-state index >= 15 is 0 Å². The number of fused-ring (bicyclic) bond motifs is 2. The molecule has 2 unspecified atom stereocenters. The Morgan fingerprint density at radius 2 is 1.89 bits per heavy atom. The molecule has 2 atom stereocenters. The van der Waals surface area contributed by atoms with E-state index in [1.807, 2.05) is 12.1 Å². The molecule has 5 nitrogen and oxygen atoms in total. The highest BCUT2D eigenvalue weighted by Gasteiger charge is 2.53. The summed E-state index contributed by atoms with van der Waals surface area (Å²) in [6, 6.07) is 7.29. The first-order valence-electron chi connectivity index (χ1n) is 6.07. The van der Waals surface area contributed by atoms with Crippen LogP contribution in [0.1, 0.15) is 5.56 Å². The highest BCUT2D eigenvalue weighted by molar-refractivity contribution is 7.90. The summed E-state index contributed by atoms with van der Waals surface area (Å²) in [7, 11) is -3.39. The van der Waals surface area contributed by atoms with Crippen LogP contribution in [0.3, 0.4) is 0 Å². The van der Waals surface area contributed by atoms with E-state index in [-0.39, 0.29) is 6.04 Å². The molecule has 1 aromatic rings. The number of nitrogens with one attached hydrogen (secondary N) is 2. The van der Waals surface area contributed by atoms with Crippen LogP contribution in [-0.2, 0) is 10.0 Å². The Hall–Kier alpha value is -1.40. The van der Waals surface area contributed by atoms with Gasteiger partial charge in [0.1, 0.15) is 5.84 Å². The van der Waals surface area contributed by atoms with Crippen molar-refractivity contribution in [2.45, 2.75) is 10.9 Å². The maximum atomic E-state index is 11.9. The van der Waals surface area contributed by atoms with Gasteiger partial charge in [-0.2, -0.15) is 0 Å². The second-order valence-corrected chi connectivity index (χ2v) is 6.71. The number of benzene rings is 1. The maximum Gasteiger partial charge on any atom is 0.263 e. The number of amidine groups is 1. The summed E-state index contributed by atoms with van der Waals surface area (Å²) in [5.74, 6) is 1.70. The van der Waals surface area contributed by atoms with Crippen LogP contribution in [0.2, 0.25) is 0 Å². The molecule has 3 aliphatic rings. The van der Waals surface area contributed by atoms with Gasteiger partial charge < -0.3 is 5.32 Å². The van der Waals surface area contributed by atoms with Crippen LogP contribution in [-0.4, -0.2) is 33.4 Å². The van der Waals surface area contributed by atoms with Crippen molar-refractivity contribution in [1.29, 1.82) is 0 Å². The lowest BCUT2D eigenvalue weighted by Crippen LogP contribution is -2.24. The van der Waals surface area contributed by atoms with Crippen molar-refractivity contribution >= 4 is 15.9 Å². The first kappa shape index (κ1) is 10.5. The van der Waals surface area contributed by atoms with Gasteiger partial charge in [0, 0.05) is 30.5 Å². The molecule has 6 heteroatoms. The third-order valence-corrected chi connectivity index (χ3v) is 5.38. The zero-order chi connectivity index (χ0) is 12.3. The normalized spacial score (nSPS) is 37.1. The molecule has 4 rings (SSSR count). The molecule has 0 radical (unpaired) electrons. The SMILES string of the molecule is O=S1(=O)NC(=NC2C3CNCC32)c2ccccc21. The molecule has 2 N–H and O–H groups in total. The molecule has 2 fully saturated rings. The Morgan fingerprint density at radius 3 is 2.67 bits per heavy atom. The summed E-state index contributed by atoms with van der Waals surface area (Å²) in [4.78, 5) is 4.94. The van der Waals surface area contributed by atoms with E-state index in [1.54, 1.807) is 12.1 Å². The average molecular weight is 263 g/mol. The molecule has 94 valence electrons. The van der Waals surface area contributed by atoms with Crippen molar-refractivity contribution in [2.75, 3.05) is 13.1 Å². The number of sulfonamides is 1. The van der Waals surface area contributed by atoms with Crippen molar-refractivity contribution in [3.8, 4) is 0 Å². The zero-order valence-electron chi connectivity index (χ0n) is 9.63. The number of hydrogen-bond donors (Lipinski definition) is 2.